The molecule has 9 heteroatoms. The molecule has 9 nitrogen and oxygen atoms in total. The van der Waals surface area contributed by atoms with E-state index in [1.807, 2.05) is 13.8 Å². The summed E-state index contributed by atoms with van der Waals surface area (Å²) in [5.41, 5.74) is -0.241. The van der Waals surface area contributed by atoms with Crippen LogP contribution in [-0.4, -0.2) is 27.2 Å². The molecule has 0 aromatic heterocycles. The Balaban J connectivity index is 2.50. The topological polar surface area (TPSA) is 133 Å². The quantitative estimate of drug-likeness (QED) is 0.461. The fourth-order valence-electron chi connectivity index (χ4n) is 2.36. The number of non-ortho nitro benzene ring substituents is 2. The molecule has 0 bridgehead atoms. The van der Waals surface area contributed by atoms with Crippen LogP contribution in [-0.2, 0) is 4.79 Å². The Morgan fingerprint density at radius 2 is 1.58 bits per heavy atom. The lowest BCUT2D eigenvalue weighted by Gasteiger charge is -2.14. The molecular formula is C17H15N3O6. The number of aliphatic imine (C=N–C) groups is 1. The van der Waals surface area contributed by atoms with Crippen LogP contribution < -0.4 is 0 Å². The van der Waals surface area contributed by atoms with Gasteiger partial charge >= 0.3 is 0 Å². The molecule has 1 aliphatic rings. The van der Waals surface area contributed by atoms with Crippen molar-refractivity contribution in [1.82, 2.24) is 0 Å². The van der Waals surface area contributed by atoms with Gasteiger partial charge in [-0.05, 0) is 30.6 Å². The minimum atomic E-state index is -0.867. The molecule has 0 heterocycles. The molecule has 134 valence electrons. The second-order valence-electron chi connectivity index (χ2n) is 6.00. The minimum absolute atomic E-state index is 0.0777. The molecule has 26 heavy (non-hydrogen) atoms. The lowest BCUT2D eigenvalue weighted by Crippen LogP contribution is -2.16. The first kappa shape index (κ1) is 18.8. The molecule has 2 rings (SSSR count). The van der Waals surface area contributed by atoms with Gasteiger partial charge in [-0.3, -0.25) is 29.8 Å². The molecule has 0 unspecified atom stereocenters. The smallest absolute Gasteiger partial charge is 0.278 e. The SMILES string of the molecule is CC1=CC(=O)C(C(C)C)=CC1=NC(=O)c1cc([N+](=O)[O-])cc([N+](=O)[O-])c1. The lowest BCUT2D eigenvalue weighted by atomic mass is 9.90. The van der Waals surface area contributed by atoms with Crippen molar-refractivity contribution < 1.29 is 19.4 Å². The number of rotatable bonds is 4. The number of nitrogens with zero attached hydrogens (tertiary/aromatic N) is 3. The van der Waals surface area contributed by atoms with Gasteiger partial charge in [-0.15, -0.1) is 0 Å². The largest absolute Gasteiger partial charge is 0.290 e. The third kappa shape index (κ3) is 3.94. The summed E-state index contributed by atoms with van der Waals surface area (Å²) in [7, 11) is 0. The third-order valence-electron chi connectivity index (χ3n) is 3.74. The van der Waals surface area contributed by atoms with Crippen molar-refractivity contribution >= 4 is 28.8 Å². The third-order valence-corrected chi connectivity index (χ3v) is 3.74. The number of carbonyl (C=O) groups excluding carboxylic acids is 2. The summed E-state index contributed by atoms with van der Waals surface area (Å²) in [5.74, 6) is -1.12. The predicted molar refractivity (Wildman–Crippen MR) is 93.2 cm³/mol. The number of benzene rings is 1. The molecule has 1 amide bonds. The van der Waals surface area contributed by atoms with Crippen molar-refractivity contribution in [3.8, 4) is 0 Å². The van der Waals surface area contributed by atoms with Crippen LogP contribution in [0.3, 0.4) is 0 Å². The molecule has 0 N–H and O–H groups in total. The highest BCUT2D eigenvalue weighted by Crippen LogP contribution is 2.24. The van der Waals surface area contributed by atoms with Crippen LogP contribution in [0.15, 0.2) is 46.5 Å². The number of carbonyl (C=O) groups is 2. The first-order valence-electron chi connectivity index (χ1n) is 7.61. The van der Waals surface area contributed by atoms with Gasteiger partial charge in [0.05, 0.1) is 27.2 Å². The fourth-order valence-corrected chi connectivity index (χ4v) is 2.36. The Bertz CT molecular complexity index is 892. The Kier molecular flexibility index (Phi) is 5.20. The molecular weight excluding hydrogens is 342 g/mol. The van der Waals surface area contributed by atoms with E-state index >= 15 is 0 Å². The standard InChI is InChI=1S/C17H15N3O6/c1-9(2)14-8-15(10(3)4-16(14)21)18-17(22)11-5-12(19(23)24)7-13(6-11)20(25)26/h4-9H,1-3H3. The van der Waals surface area contributed by atoms with Gasteiger partial charge in [-0.2, -0.15) is 0 Å². The van der Waals surface area contributed by atoms with Crippen LogP contribution in [0.4, 0.5) is 11.4 Å². The van der Waals surface area contributed by atoms with Crippen LogP contribution >= 0.6 is 0 Å². The molecule has 0 atom stereocenters. The van der Waals surface area contributed by atoms with E-state index in [1.54, 1.807) is 6.92 Å². The van der Waals surface area contributed by atoms with E-state index in [0.29, 0.717) is 11.1 Å². The van der Waals surface area contributed by atoms with Gasteiger partial charge in [0.1, 0.15) is 0 Å². The van der Waals surface area contributed by atoms with Gasteiger partial charge in [0.2, 0.25) is 0 Å². The van der Waals surface area contributed by atoms with E-state index in [2.05, 4.69) is 4.99 Å². The van der Waals surface area contributed by atoms with Crippen LogP contribution in [0.25, 0.3) is 0 Å². The van der Waals surface area contributed by atoms with Crippen LogP contribution in [0.2, 0.25) is 0 Å². The van der Waals surface area contributed by atoms with Crippen molar-refractivity contribution in [1.29, 1.82) is 0 Å². The normalized spacial score (nSPS) is 15.7. The average molecular weight is 357 g/mol. The van der Waals surface area contributed by atoms with E-state index in [1.165, 1.54) is 12.2 Å². The Morgan fingerprint density at radius 1 is 1.04 bits per heavy atom. The van der Waals surface area contributed by atoms with E-state index in [-0.39, 0.29) is 23.0 Å². The molecule has 0 fully saturated rings. The number of allylic oxidation sites excluding steroid dienone is 4. The first-order valence-corrected chi connectivity index (χ1v) is 7.61. The van der Waals surface area contributed by atoms with E-state index in [4.69, 9.17) is 0 Å². The van der Waals surface area contributed by atoms with Crippen molar-refractivity contribution in [3.63, 3.8) is 0 Å². The Labute approximate surface area is 148 Å². The monoisotopic (exact) mass is 357 g/mol. The van der Waals surface area contributed by atoms with Gasteiger partial charge in [-0.1, -0.05) is 13.8 Å². The first-order chi connectivity index (χ1) is 12.1. The maximum atomic E-state index is 12.4. The molecule has 1 aliphatic carbocycles. The summed E-state index contributed by atoms with van der Waals surface area (Å²) < 4.78 is 0. The summed E-state index contributed by atoms with van der Waals surface area (Å²) >= 11 is 0. The van der Waals surface area contributed by atoms with Crippen LogP contribution in [0.5, 0.6) is 0 Å². The van der Waals surface area contributed by atoms with Gasteiger partial charge in [0, 0.05) is 17.7 Å². The molecule has 0 saturated carbocycles. The van der Waals surface area contributed by atoms with Crippen molar-refractivity contribution in [2.75, 3.05) is 0 Å². The number of nitro groups is 2. The molecule has 1 aromatic rings. The summed E-state index contributed by atoms with van der Waals surface area (Å²) in [6.07, 6.45) is 2.85. The van der Waals surface area contributed by atoms with Gasteiger partial charge < -0.3 is 0 Å². The molecule has 1 aromatic carbocycles. The molecule has 0 radical (unpaired) electrons. The van der Waals surface area contributed by atoms with Gasteiger partial charge in [0.15, 0.2) is 5.78 Å². The summed E-state index contributed by atoms with van der Waals surface area (Å²) in [6, 6.07) is 2.63. The number of nitro benzene ring substituents is 2. The average Bonchev–Trinajstić information content (AvgIpc) is 2.56. The van der Waals surface area contributed by atoms with Crippen molar-refractivity contribution in [2.45, 2.75) is 20.8 Å². The van der Waals surface area contributed by atoms with E-state index < -0.39 is 27.1 Å². The predicted octanol–water partition coefficient (Wildman–Crippen LogP) is 3.20. The fraction of sp³-hybridized carbons (Fsp3) is 0.235. The van der Waals surface area contributed by atoms with E-state index in [9.17, 15) is 29.8 Å². The van der Waals surface area contributed by atoms with Crippen molar-refractivity contribution in [2.24, 2.45) is 10.9 Å². The zero-order valence-electron chi connectivity index (χ0n) is 14.3. The number of amides is 1. The zero-order chi connectivity index (χ0) is 19.6. The highest BCUT2D eigenvalue weighted by Gasteiger charge is 2.22. The Morgan fingerprint density at radius 3 is 2.04 bits per heavy atom. The Hall–Kier alpha value is -3.49. The molecule has 0 aliphatic heterocycles. The highest BCUT2D eigenvalue weighted by atomic mass is 16.6. The second kappa shape index (κ2) is 7.18. The summed E-state index contributed by atoms with van der Waals surface area (Å²) in [6.45, 7) is 5.25. The van der Waals surface area contributed by atoms with Crippen LogP contribution in [0, 0.1) is 26.1 Å². The van der Waals surface area contributed by atoms with Gasteiger partial charge in [0.25, 0.3) is 17.3 Å². The lowest BCUT2D eigenvalue weighted by molar-refractivity contribution is -0.394. The van der Waals surface area contributed by atoms with Crippen molar-refractivity contribution in [3.05, 3.63) is 67.3 Å². The minimum Gasteiger partial charge on any atom is -0.290 e. The highest BCUT2D eigenvalue weighted by molar-refractivity contribution is 6.24. The summed E-state index contributed by atoms with van der Waals surface area (Å²) in [5, 5.41) is 21.9. The van der Waals surface area contributed by atoms with Crippen LogP contribution in [0.1, 0.15) is 31.1 Å². The molecule has 0 spiro atoms. The number of ketones is 1. The summed E-state index contributed by atoms with van der Waals surface area (Å²) in [4.78, 5) is 48.4. The maximum Gasteiger partial charge on any atom is 0.278 e. The van der Waals surface area contributed by atoms with Gasteiger partial charge in [-0.25, -0.2) is 4.99 Å². The number of hydrogen-bond acceptors (Lipinski definition) is 6. The molecule has 0 saturated heterocycles. The van der Waals surface area contributed by atoms with E-state index in [0.717, 1.165) is 18.2 Å². The number of hydrogen-bond donors (Lipinski definition) is 0. The second-order valence-corrected chi connectivity index (χ2v) is 6.00. The maximum absolute atomic E-state index is 12.4. The zero-order valence-corrected chi connectivity index (χ0v) is 14.3.